The van der Waals surface area contributed by atoms with Crippen LogP contribution in [0.4, 0.5) is 0 Å². The van der Waals surface area contributed by atoms with E-state index >= 15 is 0 Å². The number of benzene rings is 2. The van der Waals surface area contributed by atoms with Gasteiger partial charge in [0.25, 0.3) is 0 Å². The lowest BCUT2D eigenvalue weighted by atomic mass is 9.95. The van der Waals surface area contributed by atoms with Crippen molar-refractivity contribution in [2.75, 3.05) is 0 Å². The van der Waals surface area contributed by atoms with Crippen LogP contribution in [0.15, 0.2) is 42.5 Å². The lowest BCUT2D eigenvalue weighted by Gasteiger charge is -2.10. The molecule has 0 fully saturated rings. The summed E-state index contributed by atoms with van der Waals surface area (Å²) >= 11 is 18.5. The maximum atomic E-state index is 12.2. The van der Waals surface area contributed by atoms with Crippen molar-refractivity contribution in [1.82, 2.24) is 4.57 Å². The Morgan fingerprint density at radius 2 is 1.71 bits per heavy atom. The third-order valence-corrected chi connectivity index (χ3v) is 5.31. The summed E-state index contributed by atoms with van der Waals surface area (Å²) in [5.41, 5.74) is 3.41. The minimum absolute atomic E-state index is 0.107. The van der Waals surface area contributed by atoms with Gasteiger partial charge in [-0.2, -0.15) is 5.26 Å². The van der Waals surface area contributed by atoms with Crippen LogP contribution in [0.3, 0.4) is 0 Å². The Balaban J connectivity index is 2.41. The number of carbonyl (C=O) groups is 1. The molecule has 0 spiro atoms. The number of nitrogens with zero attached hydrogens (tertiary/aromatic N) is 2. The molecule has 0 radical (unpaired) electrons. The zero-order valence-corrected chi connectivity index (χ0v) is 17.1. The van der Waals surface area contributed by atoms with Gasteiger partial charge in [-0.3, -0.25) is 0 Å². The van der Waals surface area contributed by atoms with E-state index in [4.69, 9.17) is 40.1 Å². The molecule has 0 aliphatic rings. The van der Waals surface area contributed by atoms with Gasteiger partial charge >= 0.3 is 5.97 Å². The lowest BCUT2D eigenvalue weighted by Crippen LogP contribution is -2.10. The van der Waals surface area contributed by atoms with Gasteiger partial charge < -0.3 is 9.67 Å². The molecule has 0 bridgehead atoms. The van der Waals surface area contributed by atoms with E-state index in [1.807, 2.05) is 6.92 Å². The molecule has 0 saturated heterocycles. The molecule has 142 valence electrons. The highest BCUT2D eigenvalue weighted by molar-refractivity contribution is 6.36. The molecule has 0 aliphatic carbocycles. The van der Waals surface area contributed by atoms with Crippen LogP contribution >= 0.6 is 34.8 Å². The minimum atomic E-state index is -1.08. The molecule has 2 aromatic carbocycles. The largest absolute Gasteiger partial charge is 0.477 e. The molecular formula is C21H15Cl3N2O2. The standard InChI is InChI=1S/C21H15Cl3N2O2/c1-12-18(16-8-7-15(23)11-17(16)24)19(13-3-5-14(22)6-4-13)20(21(27)28)26(12)10-2-9-25/h3-8,11H,2,10H2,1H3,(H,27,28). The molecule has 3 rings (SSSR count). The van der Waals surface area contributed by atoms with Gasteiger partial charge in [0.05, 0.1) is 12.5 Å². The first kappa shape index (κ1) is 20.3. The molecule has 0 amide bonds. The van der Waals surface area contributed by atoms with Crippen molar-refractivity contribution in [3.63, 3.8) is 0 Å². The maximum absolute atomic E-state index is 12.2. The summed E-state index contributed by atoms with van der Waals surface area (Å²) < 4.78 is 1.65. The first-order valence-corrected chi connectivity index (χ1v) is 9.53. The van der Waals surface area contributed by atoms with Crippen LogP contribution in [0, 0.1) is 18.3 Å². The first-order chi connectivity index (χ1) is 13.3. The average Bonchev–Trinajstić information content (AvgIpc) is 2.93. The molecule has 0 unspecified atom stereocenters. The van der Waals surface area contributed by atoms with Gasteiger partial charge in [0.2, 0.25) is 0 Å². The number of hydrogen-bond acceptors (Lipinski definition) is 2. The number of halogens is 3. The predicted octanol–water partition coefficient (Wildman–Crippen LogP) is 6.70. The van der Waals surface area contributed by atoms with E-state index < -0.39 is 5.97 Å². The van der Waals surface area contributed by atoms with E-state index in [9.17, 15) is 9.90 Å². The van der Waals surface area contributed by atoms with E-state index in [0.717, 1.165) is 0 Å². The van der Waals surface area contributed by atoms with Crippen molar-refractivity contribution in [3.8, 4) is 28.3 Å². The highest BCUT2D eigenvalue weighted by Crippen LogP contribution is 2.43. The second-order valence-corrected chi connectivity index (χ2v) is 7.46. The summed E-state index contributed by atoms with van der Waals surface area (Å²) in [7, 11) is 0. The van der Waals surface area contributed by atoms with Crippen LogP contribution in [0.25, 0.3) is 22.3 Å². The minimum Gasteiger partial charge on any atom is -0.477 e. The fraction of sp³-hybridized carbons (Fsp3) is 0.143. The zero-order chi connectivity index (χ0) is 20.4. The Morgan fingerprint density at radius 1 is 1.07 bits per heavy atom. The van der Waals surface area contributed by atoms with Gasteiger partial charge in [0.15, 0.2) is 0 Å². The van der Waals surface area contributed by atoms with E-state index in [0.29, 0.717) is 43.0 Å². The van der Waals surface area contributed by atoms with Crippen LogP contribution < -0.4 is 0 Å². The normalized spacial score (nSPS) is 10.7. The summed E-state index contributed by atoms with van der Waals surface area (Å²) in [5, 5.41) is 20.4. The summed E-state index contributed by atoms with van der Waals surface area (Å²) in [6.07, 6.45) is 0.184. The third-order valence-electron chi connectivity index (χ3n) is 4.51. The number of carboxylic acid groups (broad SMARTS) is 1. The molecule has 1 N–H and O–H groups in total. The van der Waals surface area contributed by atoms with E-state index in [-0.39, 0.29) is 18.7 Å². The molecule has 7 heteroatoms. The molecule has 28 heavy (non-hydrogen) atoms. The number of carboxylic acids is 1. The highest BCUT2D eigenvalue weighted by Gasteiger charge is 2.27. The fourth-order valence-electron chi connectivity index (χ4n) is 3.32. The molecule has 0 atom stereocenters. The number of nitriles is 1. The molecular weight excluding hydrogens is 419 g/mol. The van der Waals surface area contributed by atoms with Crippen molar-refractivity contribution < 1.29 is 9.90 Å². The highest BCUT2D eigenvalue weighted by atomic mass is 35.5. The van der Waals surface area contributed by atoms with Gasteiger partial charge in [-0.1, -0.05) is 53.0 Å². The number of aromatic carboxylic acids is 1. The van der Waals surface area contributed by atoms with Gasteiger partial charge in [-0.05, 0) is 36.8 Å². The Morgan fingerprint density at radius 3 is 2.29 bits per heavy atom. The smallest absolute Gasteiger partial charge is 0.353 e. The Hall–Kier alpha value is -2.45. The predicted molar refractivity (Wildman–Crippen MR) is 112 cm³/mol. The van der Waals surface area contributed by atoms with Crippen molar-refractivity contribution in [2.24, 2.45) is 0 Å². The second kappa shape index (κ2) is 8.28. The summed E-state index contributed by atoms with van der Waals surface area (Å²) in [6, 6.07) is 14.1. The quantitative estimate of drug-likeness (QED) is 0.486. The Bertz CT molecular complexity index is 1100. The SMILES string of the molecule is Cc1c(-c2ccc(Cl)cc2Cl)c(-c2ccc(Cl)cc2)c(C(=O)O)n1CCC#N. The molecule has 0 saturated carbocycles. The van der Waals surface area contributed by atoms with E-state index in [2.05, 4.69) is 6.07 Å². The summed E-state index contributed by atoms with van der Waals surface area (Å²) in [4.78, 5) is 12.2. The van der Waals surface area contributed by atoms with Crippen LogP contribution in [0.2, 0.25) is 15.1 Å². The Kier molecular flexibility index (Phi) is 6.00. The van der Waals surface area contributed by atoms with Crippen LogP contribution in [-0.2, 0) is 6.54 Å². The fourth-order valence-corrected chi connectivity index (χ4v) is 3.95. The number of aromatic nitrogens is 1. The van der Waals surface area contributed by atoms with Gasteiger partial charge in [-0.25, -0.2) is 4.79 Å². The van der Waals surface area contributed by atoms with Crippen molar-refractivity contribution >= 4 is 40.8 Å². The first-order valence-electron chi connectivity index (χ1n) is 8.39. The second-order valence-electron chi connectivity index (χ2n) is 6.18. The average molecular weight is 434 g/mol. The maximum Gasteiger partial charge on any atom is 0.353 e. The number of hydrogen-bond donors (Lipinski definition) is 1. The molecule has 0 aliphatic heterocycles. The monoisotopic (exact) mass is 432 g/mol. The molecule has 3 aromatic rings. The van der Waals surface area contributed by atoms with Gasteiger partial charge in [0, 0.05) is 44.0 Å². The van der Waals surface area contributed by atoms with Crippen LogP contribution in [0.5, 0.6) is 0 Å². The summed E-state index contributed by atoms with van der Waals surface area (Å²) in [6.45, 7) is 2.08. The number of rotatable bonds is 5. The van der Waals surface area contributed by atoms with Crippen LogP contribution in [0.1, 0.15) is 22.6 Å². The molecule has 4 nitrogen and oxygen atoms in total. The van der Waals surface area contributed by atoms with E-state index in [1.54, 1.807) is 47.0 Å². The van der Waals surface area contributed by atoms with Crippen molar-refractivity contribution in [3.05, 3.63) is 68.9 Å². The van der Waals surface area contributed by atoms with Crippen LogP contribution in [-0.4, -0.2) is 15.6 Å². The summed E-state index contributed by atoms with van der Waals surface area (Å²) in [5.74, 6) is -1.08. The molecule has 1 heterocycles. The van der Waals surface area contributed by atoms with Gasteiger partial charge in [0.1, 0.15) is 5.69 Å². The topological polar surface area (TPSA) is 66.0 Å². The lowest BCUT2D eigenvalue weighted by molar-refractivity contribution is 0.0685. The van der Waals surface area contributed by atoms with Crippen molar-refractivity contribution in [2.45, 2.75) is 19.9 Å². The van der Waals surface area contributed by atoms with E-state index in [1.165, 1.54) is 0 Å². The molecule has 1 aromatic heterocycles. The Labute approximate surface area is 177 Å². The third kappa shape index (κ3) is 3.74. The van der Waals surface area contributed by atoms with Crippen molar-refractivity contribution in [1.29, 1.82) is 5.26 Å². The zero-order valence-electron chi connectivity index (χ0n) is 14.8. The van der Waals surface area contributed by atoms with Gasteiger partial charge in [-0.15, -0.1) is 0 Å².